The summed E-state index contributed by atoms with van der Waals surface area (Å²) in [4.78, 5) is 4.51. The predicted octanol–water partition coefficient (Wildman–Crippen LogP) is 1.70. The molecule has 3 atom stereocenters. The third-order valence-electron chi connectivity index (χ3n) is 3.57. The Morgan fingerprint density at radius 3 is 3.13 bits per heavy atom. The van der Waals surface area contributed by atoms with Crippen molar-refractivity contribution in [1.82, 2.24) is 0 Å². The summed E-state index contributed by atoms with van der Waals surface area (Å²) in [6.07, 6.45) is 3.52. The van der Waals surface area contributed by atoms with E-state index in [1.807, 2.05) is 5.55 Å². The predicted molar refractivity (Wildman–Crippen MR) is 63.5 cm³/mol. The molecule has 0 aromatic rings. The van der Waals surface area contributed by atoms with Crippen molar-refractivity contribution in [2.45, 2.75) is 37.8 Å². The molecule has 4 heteroatoms. The van der Waals surface area contributed by atoms with Gasteiger partial charge in [-0.05, 0) is 25.2 Å². The van der Waals surface area contributed by atoms with Crippen molar-refractivity contribution in [1.29, 1.82) is 0 Å². The fourth-order valence-electron chi connectivity index (χ4n) is 2.45. The molecule has 0 spiro atoms. The topological polar surface area (TPSA) is 41.8 Å². The second-order valence-electron chi connectivity index (χ2n) is 4.43. The Kier molecular flexibility index (Phi) is 3.69. The fraction of sp³-hybridized carbons (Fsp3) is 0.909. The van der Waals surface area contributed by atoms with Gasteiger partial charge in [-0.2, -0.15) is 0 Å². The lowest BCUT2D eigenvalue weighted by molar-refractivity contribution is -0.0322. The van der Waals surface area contributed by atoms with E-state index in [1.165, 1.54) is 0 Å². The first-order chi connectivity index (χ1) is 7.30. The van der Waals surface area contributed by atoms with Crippen LogP contribution in [-0.2, 0) is 4.74 Å². The standard InChI is InChI=1S/C11H19NO2S/c1-2-10-5-9(3-4-14-10)11(6-13)7-15-8-12-11/h8-10,13H,2-7H2,1H3. The van der Waals surface area contributed by atoms with E-state index in [4.69, 9.17) is 4.74 Å². The molecule has 0 saturated carbocycles. The number of aliphatic hydroxyl groups is 1. The lowest BCUT2D eigenvalue weighted by Crippen LogP contribution is -2.45. The van der Waals surface area contributed by atoms with Gasteiger partial charge in [-0.15, -0.1) is 11.8 Å². The van der Waals surface area contributed by atoms with E-state index in [2.05, 4.69) is 11.9 Å². The highest BCUT2D eigenvalue weighted by atomic mass is 32.2. The second-order valence-corrected chi connectivity index (χ2v) is 5.26. The molecule has 0 aliphatic carbocycles. The maximum absolute atomic E-state index is 9.56. The molecule has 15 heavy (non-hydrogen) atoms. The van der Waals surface area contributed by atoms with E-state index in [0.29, 0.717) is 12.0 Å². The van der Waals surface area contributed by atoms with Gasteiger partial charge in [-0.1, -0.05) is 6.92 Å². The van der Waals surface area contributed by atoms with Crippen molar-refractivity contribution in [2.75, 3.05) is 19.0 Å². The van der Waals surface area contributed by atoms with E-state index in [1.54, 1.807) is 11.8 Å². The summed E-state index contributed by atoms with van der Waals surface area (Å²) in [6, 6.07) is 0. The Labute approximate surface area is 95.3 Å². The molecule has 2 aliphatic rings. The molecule has 0 aromatic heterocycles. The SMILES string of the molecule is CCC1CC(C2(CO)CSC=N2)CCO1. The van der Waals surface area contributed by atoms with Gasteiger partial charge in [0, 0.05) is 12.4 Å². The van der Waals surface area contributed by atoms with Crippen LogP contribution >= 0.6 is 11.8 Å². The van der Waals surface area contributed by atoms with Crippen molar-refractivity contribution in [3.63, 3.8) is 0 Å². The number of hydrogen-bond acceptors (Lipinski definition) is 4. The van der Waals surface area contributed by atoms with Crippen molar-refractivity contribution in [3.8, 4) is 0 Å². The zero-order valence-corrected chi connectivity index (χ0v) is 10.0. The Morgan fingerprint density at radius 2 is 2.53 bits per heavy atom. The molecule has 0 bridgehead atoms. The maximum atomic E-state index is 9.56. The molecule has 3 nitrogen and oxygen atoms in total. The van der Waals surface area contributed by atoms with E-state index in [-0.39, 0.29) is 12.1 Å². The fourth-order valence-corrected chi connectivity index (χ4v) is 3.50. The van der Waals surface area contributed by atoms with Crippen LogP contribution < -0.4 is 0 Å². The number of aliphatic imine (C=N–C) groups is 1. The first kappa shape index (κ1) is 11.4. The van der Waals surface area contributed by atoms with Gasteiger partial charge in [0.1, 0.15) is 0 Å². The number of ether oxygens (including phenoxy) is 1. The van der Waals surface area contributed by atoms with E-state index < -0.39 is 0 Å². The number of aliphatic hydroxyl groups excluding tert-OH is 1. The van der Waals surface area contributed by atoms with Gasteiger partial charge in [0.2, 0.25) is 0 Å². The third kappa shape index (κ3) is 2.22. The molecule has 0 radical (unpaired) electrons. The molecule has 1 fully saturated rings. The minimum Gasteiger partial charge on any atom is -0.394 e. The minimum atomic E-state index is -0.206. The molecule has 1 saturated heterocycles. The summed E-state index contributed by atoms with van der Waals surface area (Å²) in [6.45, 7) is 3.16. The van der Waals surface area contributed by atoms with Crippen molar-refractivity contribution < 1.29 is 9.84 Å². The molecule has 1 N–H and O–H groups in total. The molecule has 0 aromatic carbocycles. The zero-order chi connectivity index (χ0) is 10.7. The molecular weight excluding hydrogens is 210 g/mol. The van der Waals surface area contributed by atoms with Crippen LogP contribution in [0.2, 0.25) is 0 Å². The van der Waals surface area contributed by atoms with E-state index in [9.17, 15) is 5.11 Å². The van der Waals surface area contributed by atoms with Crippen molar-refractivity contribution in [3.05, 3.63) is 0 Å². The number of thioether (sulfide) groups is 1. The van der Waals surface area contributed by atoms with Crippen LogP contribution in [0.15, 0.2) is 4.99 Å². The van der Waals surface area contributed by atoms with Gasteiger partial charge < -0.3 is 9.84 Å². The first-order valence-corrected chi connectivity index (χ1v) is 6.73. The Morgan fingerprint density at radius 1 is 1.67 bits per heavy atom. The van der Waals surface area contributed by atoms with Crippen LogP contribution in [0.4, 0.5) is 0 Å². The van der Waals surface area contributed by atoms with Crippen molar-refractivity contribution >= 4 is 17.3 Å². The van der Waals surface area contributed by atoms with Gasteiger partial charge in [0.05, 0.1) is 23.8 Å². The molecule has 86 valence electrons. The van der Waals surface area contributed by atoms with Crippen LogP contribution in [-0.4, -0.2) is 41.3 Å². The maximum Gasteiger partial charge on any atom is 0.0967 e. The van der Waals surface area contributed by atoms with Crippen molar-refractivity contribution in [2.24, 2.45) is 10.9 Å². The molecule has 2 aliphatic heterocycles. The quantitative estimate of drug-likeness (QED) is 0.801. The van der Waals surface area contributed by atoms with Gasteiger partial charge in [-0.25, -0.2) is 0 Å². The molecule has 2 heterocycles. The highest BCUT2D eigenvalue weighted by Crippen LogP contribution is 2.38. The number of nitrogens with zero attached hydrogens (tertiary/aromatic N) is 1. The molecule has 3 unspecified atom stereocenters. The molecule has 2 rings (SSSR count). The van der Waals surface area contributed by atoms with Gasteiger partial charge in [-0.3, -0.25) is 4.99 Å². The third-order valence-corrected chi connectivity index (χ3v) is 4.50. The normalized spacial score (nSPS) is 40.9. The first-order valence-electron chi connectivity index (χ1n) is 5.68. The molecule has 0 amide bonds. The lowest BCUT2D eigenvalue weighted by atomic mass is 9.79. The monoisotopic (exact) mass is 229 g/mol. The van der Waals surface area contributed by atoms with Crippen LogP contribution in [0.25, 0.3) is 0 Å². The average Bonchev–Trinajstić information content (AvgIpc) is 2.79. The smallest absolute Gasteiger partial charge is 0.0967 e. The zero-order valence-electron chi connectivity index (χ0n) is 9.19. The van der Waals surface area contributed by atoms with Crippen LogP contribution in [0.1, 0.15) is 26.2 Å². The summed E-state index contributed by atoms with van der Waals surface area (Å²) in [5, 5.41) is 9.56. The van der Waals surface area contributed by atoms with Crippen LogP contribution in [0.3, 0.4) is 0 Å². The Bertz CT molecular complexity index is 247. The van der Waals surface area contributed by atoms with Gasteiger partial charge >= 0.3 is 0 Å². The largest absolute Gasteiger partial charge is 0.394 e. The van der Waals surface area contributed by atoms with Gasteiger partial charge in [0.15, 0.2) is 0 Å². The second kappa shape index (κ2) is 4.85. The summed E-state index contributed by atoms with van der Waals surface area (Å²) in [5.41, 5.74) is 1.69. The summed E-state index contributed by atoms with van der Waals surface area (Å²) in [5.74, 6) is 1.43. The minimum absolute atomic E-state index is 0.178. The van der Waals surface area contributed by atoms with Crippen LogP contribution in [0, 0.1) is 5.92 Å². The lowest BCUT2D eigenvalue weighted by Gasteiger charge is -2.38. The number of rotatable bonds is 3. The Hall–Kier alpha value is -0.0600. The average molecular weight is 229 g/mol. The molecular formula is C11H19NO2S. The van der Waals surface area contributed by atoms with Gasteiger partial charge in [0.25, 0.3) is 0 Å². The van der Waals surface area contributed by atoms with E-state index in [0.717, 1.165) is 31.6 Å². The Balaban J connectivity index is 2.04. The van der Waals surface area contributed by atoms with Crippen LogP contribution in [0.5, 0.6) is 0 Å². The highest BCUT2D eigenvalue weighted by molar-refractivity contribution is 8.12. The summed E-state index contributed by atoms with van der Waals surface area (Å²) < 4.78 is 5.67. The summed E-state index contributed by atoms with van der Waals surface area (Å²) in [7, 11) is 0. The summed E-state index contributed by atoms with van der Waals surface area (Å²) >= 11 is 1.72. The number of hydrogen-bond donors (Lipinski definition) is 1. The highest BCUT2D eigenvalue weighted by Gasteiger charge is 2.42. The van der Waals surface area contributed by atoms with E-state index >= 15 is 0 Å².